The van der Waals surface area contributed by atoms with Crippen molar-refractivity contribution in [2.75, 3.05) is 39.0 Å². The summed E-state index contributed by atoms with van der Waals surface area (Å²) < 4.78 is 155. The van der Waals surface area contributed by atoms with Gasteiger partial charge in [-0.25, -0.2) is 21.6 Å². The summed E-state index contributed by atoms with van der Waals surface area (Å²) in [5.41, 5.74) is 12.2. The highest BCUT2D eigenvalue weighted by Gasteiger charge is 2.43. The number of carbonyl (C=O) groups excluding carboxylic acids is 5. The molecular weight excluding hydrogens is 1770 g/mol. The predicted molar refractivity (Wildman–Crippen MR) is 462 cm³/mol. The van der Waals surface area contributed by atoms with E-state index in [9.17, 15) is 93.0 Å². The second-order valence-electron chi connectivity index (χ2n) is 29.8. The maximum absolute atomic E-state index is 13.8. The molecule has 0 fully saturated rings. The average Bonchev–Trinajstić information content (AvgIpc) is 1.57. The van der Waals surface area contributed by atoms with Gasteiger partial charge in [-0.1, -0.05) is 88.9 Å². The summed E-state index contributed by atoms with van der Waals surface area (Å²) in [5, 5.41) is 55.4. The smallest absolute Gasteiger partial charge is 0.406 e. The molecule has 20 rings (SSSR count). The molecule has 0 unspecified atom stereocenters. The van der Waals surface area contributed by atoms with Crippen LogP contribution in [-0.4, -0.2) is 106 Å². The van der Waals surface area contributed by atoms with Crippen LogP contribution in [0.1, 0.15) is 80.3 Å². The number of alkyl halides is 6. The van der Waals surface area contributed by atoms with E-state index in [-0.39, 0.29) is 74.6 Å². The molecule has 0 bridgehead atoms. The van der Waals surface area contributed by atoms with Crippen LogP contribution in [0, 0.1) is 62.8 Å². The van der Waals surface area contributed by atoms with Gasteiger partial charge in [-0.05, 0) is 173 Å². The number of hydrogen-bond donors (Lipinski definition) is 5. The fraction of sp³-hybridized carbons (Fsp3) is 0.141. The van der Waals surface area contributed by atoms with Crippen LogP contribution in [0.2, 0.25) is 20.1 Å². The number of aromatic nitrogens is 5. The topological polar surface area (TPSA) is 309 Å². The van der Waals surface area contributed by atoms with Crippen LogP contribution in [0.3, 0.4) is 0 Å². The van der Waals surface area contributed by atoms with Gasteiger partial charge in [0.05, 0.1) is 94.6 Å². The van der Waals surface area contributed by atoms with Gasteiger partial charge >= 0.3 is 12.5 Å². The van der Waals surface area contributed by atoms with E-state index in [2.05, 4.69) is 49.5 Å². The molecule has 5 amide bonds. The Labute approximate surface area is 739 Å². The van der Waals surface area contributed by atoms with Crippen LogP contribution in [0.25, 0.3) is 110 Å². The summed E-state index contributed by atoms with van der Waals surface area (Å²) in [6.45, 7) is 4.91. The lowest BCUT2D eigenvalue weighted by Crippen LogP contribution is -2.36. The first-order valence-corrected chi connectivity index (χ1v) is 42.2. The third kappa shape index (κ3) is 16.9. The fourth-order valence-corrected chi connectivity index (χ4v) is 17.7. The van der Waals surface area contributed by atoms with Gasteiger partial charge in [0.2, 0.25) is 0 Å². The molecule has 0 saturated carbocycles. The first-order chi connectivity index (χ1) is 61.1. The van der Waals surface area contributed by atoms with Crippen molar-refractivity contribution in [3.8, 4) is 85.7 Å². The molecule has 22 nitrogen and oxygen atoms in total. The minimum absolute atomic E-state index is 0.0815. The zero-order chi connectivity index (χ0) is 90.9. The number of fused-ring (bicyclic) bond motifs is 15. The van der Waals surface area contributed by atoms with Crippen molar-refractivity contribution in [3.63, 3.8) is 0 Å². The summed E-state index contributed by atoms with van der Waals surface area (Å²) in [5.74, 6) is -5.93. The maximum atomic E-state index is 13.8. The monoisotopic (exact) mass is 1830 g/mol. The van der Waals surface area contributed by atoms with Gasteiger partial charge < -0.3 is 54.2 Å². The number of sulfone groups is 1. The highest BCUT2D eigenvalue weighted by atomic mass is 35.5. The van der Waals surface area contributed by atoms with Crippen molar-refractivity contribution >= 4 is 140 Å². The summed E-state index contributed by atoms with van der Waals surface area (Å²) >= 11 is 24.2. The normalized spacial score (nSPS) is 13.8. The molecule has 0 aliphatic carbocycles. The number of amides is 5. The Bertz CT molecular complexity index is 7520. The van der Waals surface area contributed by atoms with Crippen molar-refractivity contribution < 1.29 is 76.6 Å². The number of ether oxygens (including phenoxy) is 1. The summed E-state index contributed by atoms with van der Waals surface area (Å²) in [6, 6.07) is 57.7. The third-order valence-electron chi connectivity index (χ3n) is 21.8. The lowest BCUT2D eigenvalue weighted by atomic mass is 9.99. The number of carbonyl (C=O) groups is 5. The quantitative estimate of drug-likeness (QED) is 0.0735. The van der Waals surface area contributed by atoms with Crippen LogP contribution in [0.4, 0.5) is 39.5 Å². The SMILES string of the molecule is CS(=O)(=O)c1ccc(-c2cc(C#N)cc3cc4n(c23)CCNC4=O)cc1.N#Cc1cc(-c2cc(F)c(F)c(F)c2)c2c(c1)cc1n2CCNC1=O.N#Cc1cc(-c2ccc(Cl)c(Cl)c2)c2c(c1)cc1n2CCNC1=O.N#Cc1cc(-c2ccc(OC(F)(F)F)cc2)c2c(c1)cc1n2CCNC1=O.O=C1NCCn2c1c(C(F)(F)F)c1cc(Cl)cc(-c3ccc(Cl)cc3)c12. The molecule has 5 aromatic heterocycles. The molecule has 10 aromatic carbocycles. The Morgan fingerprint density at radius 2 is 0.719 bits per heavy atom. The van der Waals surface area contributed by atoms with Crippen LogP contribution in [0.15, 0.2) is 193 Å². The molecule has 642 valence electrons. The highest BCUT2D eigenvalue weighted by Crippen LogP contribution is 2.46. The first kappa shape index (κ1) is 87.0. The predicted octanol–water partition coefficient (Wildman–Crippen LogP) is 19.1. The second-order valence-corrected chi connectivity index (χ2v) is 33.5. The van der Waals surface area contributed by atoms with Crippen molar-refractivity contribution in [1.29, 1.82) is 21.0 Å². The van der Waals surface area contributed by atoms with E-state index >= 15 is 0 Å². The van der Waals surface area contributed by atoms with E-state index in [1.807, 2.05) is 38.0 Å². The van der Waals surface area contributed by atoms with Crippen molar-refractivity contribution in [2.24, 2.45) is 0 Å². The van der Waals surface area contributed by atoms with Crippen molar-refractivity contribution in [1.82, 2.24) is 49.4 Å². The largest absolute Gasteiger partial charge is 0.573 e. The molecule has 0 spiro atoms. The molecule has 128 heavy (non-hydrogen) atoms. The van der Waals surface area contributed by atoms with Crippen LogP contribution in [0.5, 0.6) is 5.75 Å². The maximum Gasteiger partial charge on any atom is 0.573 e. The van der Waals surface area contributed by atoms with E-state index < -0.39 is 51.3 Å². The Hall–Kier alpha value is -14.5. The number of benzene rings is 10. The second kappa shape index (κ2) is 34.4. The van der Waals surface area contributed by atoms with Crippen molar-refractivity contribution in [2.45, 2.75) is 50.2 Å². The number of hydrogen-bond acceptors (Lipinski definition) is 12. The zero-order valence-electron chi connectivity index (χ0n) is 66.1. The van der Waals surface area contributed by atoms with E-state index in [0.29, 0.717) is 151 Å². The fourth-order valence-electron chi connectivity index (χ4n) is 16.5. The number of nitriles is 4. The first-order valence-electron chi connectivity index (χ1n) is 38.8. The third-order valence-corrected chi connectivity index (χ3v) is 24.2. The highest BCUT2D eigenvalue weighted by molar-refractivity contribution is 7.90. The Morgan fingerprint density at radius 1 is 0.375 bits per heavy atom. The van der Waals surface area contributed by atoms with Gasteiger partial charge in [0, 0.05) is 136 Å². The Balaban J connectivity index is 0.000000118. The number of nitrogens with zero attached hydrogens (tertiary/aromatic N) is 9. The van der Waals surface area contributed by atoms with Crippen LogP contribution in [-0.2, 0) is 48.7 Å². The molecule has 0 radical (unpaired) electrons. The molecule has 15 aromatic rings. The zero-order valence-corrected chi connectivity index (χ0v) is 69.9. The molecule has 36 heteroatoms. The van der Waals surface area contributed by atoms with Crippen LogP contribution >= 0.6 is 46.4 Å². The standard InChI is InChI=1S/C19H12F3N3O2.C19H15N3O3S.C18H11Cl2F3N2O.C18H11Cl2N3O.C18H10F3N3O/c20-19(21,22)27-14-3-1-12(2-4-14)15-8-11(10-23)7-13-9-16-18(26)24-5-6-25(16)17(13)15;1-26(24,25)15-4-2-13(3-5-15)16-9-12(11-20)8-14-10-17-19(23)21-6-7-22(17)18(14)16;19-10-3-1-9(2-4-10)12-7-11(20)8-13-14(18(21,22)23)16-17(26)24-5-6-25(16)15(12)13;19-14-2-1-11(7-15(14)20)13-6-10(9-21)5-12-8-16-18(24)22-3-4-23(16)17(12)13;19-13-5-10(6-14(20)16(13)21)12-4-9(8-22)3-11-7-15-18(25)23-1-2-24(15)17(11)12/h1-4,7-9H,5-6H2,(H,24,26);2-5,8-10H,6-7H2,1H3,(H,21,23);1-4,7-8H,5-6H2,(H,24,26);1-2,5-8H,3-4H2,(H,22,24);3-7H,1-2H2,(H,23,25). The minimum atomic E-state index is -4.76. The molecule has 5 aliphatic rings. The van der Waals surface area contributed by atoms with Gasteiger partial charge in [0.1, 0.15) is 34.2 Å². The van der Waals surface area contributed by atoms with Gasteiger partial charge in [-0.3, -0.25) is 24.0 Å². The number of nitrogens with one attached hydrogen (secondary N) is 5. The summed E-state index contributed by atoms with van der Waals surface area (Å²) in [6.07, 6.45) is -8.28. The molecular formula is C92H59Cl4F9N14O8S. The van der Waals surface area contributed by atoms with E-state index in [0.717, 1.165) is 67.1 Å². The van der Waals surface area contributed by atoms with Crippen molar-refractivity contribution in [3.05, 3.63) is 282 Å². The van der Waals surface area contributed by atoms with Gasteiger partial charge in [0.15, 0.2) is 27.3 Å². The lowest BCUT2D eigenvalue weighted by molar-refractivity contribution is -0.274. The Kier molecular flexibility index (Phi) is 23.4. The summed E-state index contributed by atoms with van der Waals surface area (Å²) in [7, 11) is -3.28. The van der Waals surface area contributed by atoms with Gasteiger partial charge in [-0.2, -0.15) is 34.2 Å². The average molecular weight is 1830 g/mol. The van der Waals surface area contributed by atoms with Gasteiger partial charge in [-0.15, -0.1) is 13.2 Å². The number of halogens is 13. The summed E-state index contributed by atoms with van der Waals surface area (Å²) in [4.78, 5) is 60.9. The molecule has 5 aliphatic heterocycles. The van der Waals surface area contributed by atoms with Gasteiger partial charge in [0.25, 0.3) is 29.5 Å². The van der Waals surface area contributed by atoms with E-state index in [1.54, 1.807) is 126 Å². The lowest BCUT2D eigenvalue weighted by Gasteiger charge is -2.19. The molecule has 0 atom stereocenters. The molecule has 10 heterocycles. The van der Waals surface area contributed by atoms with Crippen LogP contribution < -0.4 is 31.3 Å². The minimum Gasteiger partial charge on any atom is -0.406 e. The molecule has 5 N–H and O–H groups in total. The van der Waals surface area contributed by atoms with E-state index in [4.69, 9.17) is 46.4 Å². The van der Waals surface area contributed by atoms with E-state index in [1.165, 1.54) is 47.2 Å². The number of rotatable bonds is 7. The Morgan fingerprint density at radius 3 is 1.09 bits per heavy atom. The molecule has 0 saturated heterocycles.